The molecule has 1 fully saturated rings. The Morgan fingerprint density at radius 2 is 2.13 bits per heavy atom. The van der Waals surface area contributed by atoms with Crippen molar-refractivity contribution in [3.8, 4) is 0 Å². The van der Waals surface area contributed by atoms with E-state index >= 15 is 0 Å². The first-order chi connectivity index (χ1) is 7.09. The van der Waals surface area contributed by atoms with Gasteiger partial charge >= 0.3 is 0 Å². The number of hydrogen-bond acceptors (Lipinski definition) is 2. The zero-order chi connectivity index (χ0) is 10.9. The predicted octanol–water partition coefficient (Wildman–Crippen LogP) is 1.84. The molecule has 1 aliphatic rings. The van der Waals surface area contributed by atoms with Gasteiger partial charge in [-0.2, -0.15) is 0 Å². The van der Waals surface area contributed by atoms with E-state index in [1.807, 2.05) is 6.92 Å². The van der Waals surface area contributed by atoms with Crippen molar-refractivity contribution in [3.05, 3.63) is 35.4 Å². The van der Waals surface area contributed by atoms with Crippen LogP contribution in [0.3, 0.4) is 0 Å². The molecule has 0 aliphatic carbocycles. The first kappa shape index (κ1) is 10.5. The highest BCUT2D eigenvalue weighted by atomic mass is 19.1. The third-order valence-corrected chi connectivity index (χ3v) is 2.59. The molecule has 2 rings (SSSR count). The lowest BCUT2D eigenvalue weighted by atomic mass is 10.00. The molecule has 0 spiro atoms. The van der Waals surface area contributed by atoms with Gasteiger partial charge in [0, 0.05) is 24.7 Å². The van der Waals surface area contributed by atoms with Crippen molar-refractivity contribution in [1.29, 1.82) is 0 Å². The van der Waals surface area contributed by atoms with E-state index < -0.39 is 11.6 Å². The predicted molar refractivity (Wildman–Crippen MR) is 52.4 cm³/mol. The summed E-state index contributed by atoms with van der Waals surface area (Å²) in [6, 6.07) is 3.53. The Morgan fingerprint density at radius 1 is 1.40 bits per heavy atom. The van der Waals surface area contributed by atoms with Gasteiger partial charge in [0.2, 0.25) is 0 Å². The molecule has 0 unspecified atom stereocenters. The molecule has 1 aromatic rings. The molecule has 4 heteroatoms. The minimum Gasteiger partial charge on any atom is -0.368 e. The first-order valence-electron chi connectivity index (χ1n) is 4.88. The van der Waals surface area contributed by atoms with Gasteiger partial charge in [-0.1, -0.05) is 6.07 Å². The minimum absolute atomic E-state index is 0.185. The van der Waals surface area contributed by atoms with Crippen LogP contribution in [0.4, 0.5) is 8.78 Å². The quantitative estimate of drug-likeness (QED) is 0.827. The van der Waals surface area contributed by atoms with Gasteiger partial charge in [0.25, 0.3) is 0 Å². The molecule has 1 heterocycles. The fraction of sp³-hybridized carbons (Fsp3) is 0.455. The van der Waals surface area contributed by atoms with Crippen molar-refractivity contribution in [1.82, 2.24) is 5.32 Å². The lowest BCUT2D eigenvalue weighted by Gasteiger charge is -2.39. The maximum atomic E-state index is 13.2. The lowest BCUT2D eigenvalue weighted by molar-refractivity contribution is -0.0775. The number of ether oxygens (including phenoxy) is 1. The van der Waals surface area contributed by atoms with Gasteiger partial charge in [0.05, 0.1) is 12.2 Å². The van der Waals surface area contributed by atoms with E-state index in [0.29, 0.717) is 5.56 Å². The summed E-state index contributed by atoms with van der Waals surface area (Å²) in [7, 11) is 0. The van der Waals surface area contributed by atoms with Crippen LogP contribution in [0.5, 0.6) is 0 Å². The highest BCUT2D eigenvalue weighted by Gasteiger charge is 2.32. The first-order valence-corrected chi connectivity index (χ1v) is 4.88. The fourth-order valence-corrected chi connectivity index (χ4v) is 1.47. The van der Waals surface area contributed by atoms with Crippen LogP contribution in [0, 0.1) is 11.6 Å². The Morgan fingerprint density at radius 3 is 2.67 bits per heavy atom. The molecule has 1 aromatic carbocycles. The van der Waals surface area contributed by atoms with Gasteiger partial charge in [-0.25, -0.2) is 8.78 Å². The van der Waals surface area contributed by atoms with Crippen molar-refractivity contribution in [2.45, 2.75) is 19.1 Å². The molecule has 82 valence electrons. The second kappa shape index (κ2) is 3.87. The highest BCUT2D eigenvalue weighted by Crippen LogP contribution is 2.19. The summed E-state index contributed by atoms with van der Waals surface area (Å²) in [5.74, 6) is -1.11. The Balaban J connectivity index is 1.98. The van der Waals surface area contributed by atoms with Crippen LogP contribution in [0.1, 0.15) is 12.5 Å². The Labute approximate surface area is 87.2 Å². The Kier molecular flexibility index (Phi) is 2.71. The van der Waals surface area contributed by atoms with E-state index in [4.69, 9.17) is 4.74 Å². The van der Waals surface area contributed by atoms with Crippen LogP contribution in [-0.2, 0) is 11.3 Å². The summed E-state index contributed by atoms with van der Waals surface area (Å²) >= 11 is 0. The monoisotopic (exact) mass is 213 g/mol. The van der Waals surface area contributed by atoms with E-state index in [2.05, 4.69) is 5.32 Å². The van der Waals surface area contributed by atoms with Crippen molar-refractivity contribution in [2.24, 2.45) is 0 Å². The van der Waals surface area contributed by atoms with Crippen LogP contribution < -0.4 is 5.32 Å². The average molecular weight is 213 g/mol. The minimum atomic E-state index is -0.562. The summed E-state index contributed by atoms with van der Waals surface area (Å²) in [5, 5.41) is 3.08. The molecule has 0 atom stereocenters. The maximum absolute atomic E-state index is 13.2. The normalized spacial score (nSPS) is 18.6. The van der Waals surface area contributed by atoms with Crippen molar-refractivity contribution < 1.29 is 13.5 Å². The summed E-state index contributed by atoms with van der Waals surface area (Å²) in [5.41, 5.74) is 0.186. The van der Waals surface area contributed by atoms with E-state index in [9.17, 15) is 8.78 Å². The number of rotatable bonds is 3. The van der Waals surface area contributed by atoms with Crippen LogP contribution in [0.15, 0.2) is 18.2 Å². The number of nitrogens with one attached hydrogen (secondary N) is 1. The molecular weight excluding hydrogens is 200 g/mol. The van der Waals surface area contributed by atoms with Crippen molar-refractivity contribution >= 4 is 0 Å². The third-order valence-electron chi connectivity index (χ3n) is 2.59. The Bertz CT molecular complexity index is 364. The van der Waals surface area contributed by atoms with Gasteiger partial charge < -0.3 is 10.1 Å². The summed E-state index contributed by atoms with van der Waals surface area (Å²) in [6.07, 6.45) is 0. The summed E-state index contributed by atoms with van der Waals surface area (Å²) in [4.78, 5) is 0. The molecule has 0 aromatic heterocycles. The standard InChI is InChI=1S/C11H13F2NO/c1-11(6-14-7-11)15-5-8-2-3-9(12)4-10(8)13/h2-4,14H,5-7H2,1H3. The van der Waals surface area contributed by atoms with Crippen LogP contribution in [0.2, 0.25) is 0 Å². The van der Waals surface area contributed by atoms with Crippen molar-refractivity contribution in [2.75, 3.05) is 13.1 Å². The molecule has 0 amide bonds. The van der Waals surface area contributed by atoms with E-state index in [-0.39, 0.29) is 12.2 Å². The van der Waals surface area contributed by atoms with Gasteiger partial charge in [0.15, 0.2) is 0 Å². The molecule has 0 bridgehead atoms. The van der Waals surface area contributed by atoms with Gasteiger partial charge in [0.1, 0.15) is 11.6 Å². The number of halogens is 2. The third kappa shape index (κ3) is 2.33. The smallest absolute Gasteiger partial charge is 0.131 e. The zero-order valence-corrected chi connectivity index (χ0v) is 8.52. The molecule has 15 heavy (non-hydrogen) atoms. The molecule has 0 radical (unpaired) electrons. The number of hydrogen-bond donors (Lipinski definition) is 1. The number of benzene rings is 1. The fourth-order valence-electron chi connectivity index (χ4n) is 1.47. The van der Waals surface area contributed by atoms with E-state index in [1.54, 1.807) is 0 Å². The second-order valence-electron chi connectivity index (χ2n) is 4.08. The largest absolute Gasteiger partial charge is 0.368 e. The molecule has 1 N–H and O–H groups in total. The molecule has 2 nitrogen and oxygen atoms in total. The van der Waals surface area contributed by atoms with E-state index in [0.717, 1.165) is 19.2 Å². The molecule has 1 saturated heterocycles. The van der Waals surface area contributed by atoms with Crippen molar-refractivity contribution in [3.63, 3.8) is 0 Å². The Hall–Kier alpha value is -1.00. The molecule has 1 aliphatic heterocycles. The van der Waals surface area contributed by atoms with Crippen LogP contribution in [-0.4, -0.2) is 18.7 Å². The molecular formula is C11H13F2NO. The van der Waals surface area contributed by atoms with E-state index in [1.165, 1.54) is 12.1 Å². The maximum Gasteiger partial charge on any atom is 0.131 e. The molecule has 0 saturated carbocycles. The SMILES string of the molecule is CC1(OCc2ccc(F)cc2F)CNC1. The average Bonchev–Trinajstić information content (AvgIpc) is 2.14. The summed E-state index contributed by atoms with van der Waals surface area (Å²) < 4.78 is 31.4. The van der Waals surface area contributed by atoms with Gasteiger partial charge in [-0.05, 0) is 13.0 Å². The van der Waals surface area contributed by atoms with Gasteiger partial charge in [-0.3, -0.25) is 0 Å². The second-order valence-corrected chi connectivity index (χ2v) is 4.08. The summed E-state index contributed by atoms with van der Waals surface area (Å²) in [6.45, 7) is 3.70. The highest BCUT2D eigenvalue weighted by molar-refractivity contribution is 5.17. The lowest BCUT2D eigenvalue weighted by Crippen LogP contribution is -2.58. The topological polar surface area (TPSA) is 21.3 Å². The van der Waals surface area contributed by atoms with Gasteiger partial charge in [-0.15, -0.1) is 0 Å². The zero-order valence-electron chi connectivity index (χ0n) is 8.52. The van der Waals surface area contributed by atoms with Crippen LogP contribution >= 0.6 is 0 Å². The van der Waals surface area contributed by atoms with Crippen LogP contribution in [0.25, 0.3) is 0 Å².